The third-order valence-electron chi connectivity index (χ3n) is 6.56. The van der Waals surface area contributed by atoms with E-state index in [0.29, 0.717) is 37.0 Å². The minimum atomic E-state index is -0.743. The lowest BCUT2D eigenvalue weighted by atomic mass is 9.68. The Labute approximate surface area is 164 Å². The van der Waals surface area contributed by atoms with Gasteiger partial charge >= 0.3 is 5.97 Å². The summed E-state index contributed by atoms with van der Waals surface area (Å²) in [7, 11) is 1.96. The molecule has 3 heterocycles. The summed E-state index contributed by atoms with van der Waals surface area (Å²) < 4.78 is 0. The van der Waals surface area contributed by atoms with Crippen molar-refractivity contribution in [2.24, 2.45) is 5.41 Å². The Balaban J connectivity index is 1.61. The zero-order valence-corrected chi connectivity index (χ0v) is 16.6. The number of hydrogen-bond donors (Lipinski definition) is 1. The van der Waals surface area contributed by atoms with Crippen molar-refractivity contribution in [3.63, 3.8) is 0 Å². The van der Waals surface area contributed by atoms with Gasteiger partial charge in [0.2, 0.25) is 0 Å². The van der Waals surface area contributed by atoms with Gasteiger partial charge < -0.3 is 14.9 Å². The van der Waals surface area contributed by atoms with Gasteiger partial charge in [0, 0.05) is 24.7 Å². The number of carbonyl (C=O) groups excluding carboxylic acids is 1. The van der Waals surface area contributed by atoms with Gasteiger partial charge in [0.15, 0.2) is 0 Å². The lowest BCUT2D eigenvalue weighted by molar-refractivity contribution is -0.161. The normalized spacial score (nSPS) is 25.5. The number of aryl methyl sites for hydroxylation is 2. The van der Waals surface area contributed by atoms with Crippen LogP contribution >= 0.6 is 0 Å². The minimum Gasteiger partial charge on any atom is -0.481 e. The Bertz CT molecular complexity index is 960. The summed E-state index contributed by atoms with van der Waals surface area (Å²) in [5.74, 6) is -0.803. The van der Waals surface area contributed by atoms with E-state index in [1.54, 1.807) is 17.0 Å². The third kappa shape index (κ3) is 2.94. The molecule has 1 N–H and O–H groups in total. The third-order valence-corrected chi connectivity index (χ3v) is 6.56. The van der Waals surface area contributed by atoms with Gasteiger partial charge in [0.1, 0.15) is 0 Å². The molecule has 0 aliphatic carbocycles. The fraction of sp³-hybridized carbons (Fsp3) is 0.524. The number of carboxylic acid groups (broad SMARTS) is 1. The predicted molar refractivity (Wildman–Crippen MR) is 105 cm³/mol. The number of likely N-dealkylation sites (N-methyl/N-ethyl adjacent to an activating group) is 1. The number of likely N-dealkylation sites (tertiary alicyclic amines) is 2. The molecular formula is C21H26N4O3. The van der Waals surface area contributed by atoms with Crippen molar-refractivity contribution in [2.75, 3.05) is 26.7 Å². The van der Waals surface area contributed by atoms with E-state index in [1.165, 1.54) is 0 Å². The number of aliphatic carboxylic acids is 1. The maximum absolute atomic E-state index is 13.2. The molecule has 0 spiro atoms. The molecule has 148 valence electrons. The monoisotopic (exact) mass is 382 g/mol. The molecule has 1 aromatic heterocycles. The van der Waals surface area contributed by atoms with E-state index in [-0.39, 0.29) is 11.9 Å². The minimum absolute atomic E-state index is 0.0695. The van der Waals surface area contributed by atoms with Crippen molar-refractivity contribution in [1.82, 2.24) is 19.8 Å². The van der Waals surface area contributed by atoms with Crippen molar-refractivity contribution in [2.45, 2.75) is 39.2 Å². The van der Waals surface area contributed by atoms with Crippen molar-refractivity contribution in [3.05, 3.63) is 35.2 Å². The molecule has 7 nitrogen and oxygen atoms in total. The first kappa shape index (κ1) is 18.8. The van der Waals surface area contributed by atoms with Crippen LogP contribution in [0.4, 0.5) is 0 Å². The van der Waals surface area contributed by atoms with Crippen LogP contribution in [0.25, 0.3) is 11.0 Å². The zero-order chi connectivity index (χ0) is 20.1. The first-order valence-electron chi connectivity index (χ1n) is 9.80. The highest BCUT2D eigenvalue weighted by atomic mass is 16.4. The number of aromatic nitrogens is 2. The summed E-state index contributed by atoms with van der Waals surface area (Å²) in [6.45, 7) is 5.60. The van der Waals surface area contributed by atoms with Crippen molar-refractivity contribution in [3.8, 4) is 0 Å². The Morgan fingerprint density at radius 1 is 1.11 bits per heavy atom. The van der Waals surface area contributed by atoms with E-state index in [9.17, 15) is 14.7 Å². The van der Waals surface area contributed by atoms with E-state index < -0.39 is 11.4 Å². The first-order valence-corrected chi connectivity index (χ1v) is 9.80. The highest BCUT2D eigenvalue weighted by Gasteiger charge is 2.52. The Morgan fingerprint density at radius 3 is 2.54 bits per heavy atom. The summed E-state index contributed by atoms with van der Waals surface area (Å²) in [5.41, 5.74) is 3.05. The van der Waals surface area contributed by atoms with Gasteiger partial charge in [-0.2, -0.15) is 0 Å². The molecule has 1 amide bonds. The van der Waals surface area contributed by atoms with Gasteiger partial charge in [-0.3, -0.25) is 9.59 Å². The van der Waals surface area contributed by atoms with Gasteiger partial charge in [-0.05, 0) is 64.9 Å². The van der Waals surface area contributed by atoms with Crippen LogP contribution in [0.2, 0.25) is 0 Å². The van der Waals surface area contributed by atoms with E-state index in [4.69, 9.17) is 0 Å². The zero-order valence-electron chi connectivity index (χ0n) is 16.6. The Kier molecular flexibility index (Phi) is 4.57. The number of carboxylic acids is 1. The summed E-state index contributed by atoms with van der Waals surface area (Å²) >= 11 is 0. The van der Waals surface area contributed by atoms with E-state index in [1.807, 2.05) is 27.0 Å². The highest BCUT2D eigenvalue weighted by molar-refractivity contribution is 5.97. The topological polar surface area (TPSA) is 86.6 Å². The molecule has 2 fully saturated rings. The standard InChI is InChI=1S/C21H26N4O3/c1-13-14(2)23-17-11-15(5-6-16(17)22-13)19(26)25-10-8-21(20(27)28)7-4-9-24(3)18(21)12-25/h5-6,11,18H,4,7-10,12H2,1-3H3,(H,27,28)/t18-,21+/m1/s1. The summed E-state index contributed by atoms with van der Waals surface area (Å²) in [5, 5.41) is 9.91. The maximum atomic E-state index is 13.2. The molecule has 28 heavy (non-hydrogen) atoms. The summed E-state index contributed by atoms with van der Waals surface area (Å²) in [6.07, 6.45) is 2.06. The second kappa shape index (κ2) is 6.81. The van der Waals surface area contributed by atoms with Crippen molar-refractivity contribution < 1.29 is 14.7 Å². The van der Waals surface area contributed by atoms with Crippen LogP contribution in [0.15, 0.2) is 18.2 Å². The molecule has 7 heteroatoms. The second-order valence-corrected chi connectivity index (χ2v) is 8.16. The van der Waals surface area contributed by atoms with E-state index >= 15 is 0 Å². The molecule has 0 radical (unpaired) electrons. The molecule has 2 saturated heterocycles. The van der Waals surface area contributed by atoms with Crippen LogP contribution in [0.3, 0.4) is 0 Å². The maximum Gasteiger partial charge on any atom is 0.311 e. The largest absolute Gasteiger partial charge is 0.481 e. The van der Waals surface area contributed by atoms with Crippen LogP contribution in [-0.2, 0) is 4.79 Å². The molecule has 0 bridgehead atoms. The van der Waals surface area contributed by atoms with Crippen LogP contribution in [-0.4, -0.2) is 69.5 Å². The smallest absolute Gasteiger partial charge is 0.311 e. The molecular weight excluding hydrogens is 356 g/mol. The van der Waals surface area contributed by atoms with E-state index in [0.717, 1.165) is 29.9 Å². The number of carbonyl (C=O) groups is 2. The molecule has 2 aromatic rings. The number of benzene rings is 1. The molecule has 0 unspecified atom stereocenters. The molecule has 0 saturated carbocycles. The molecule has 1 aromatic carbocycles. The molecule has 2 aliphatic heterocycles. The van der Waals surface area contributed by atoms with Gasteiger partial charge in [0.05, 0.1) is 27.8 Å². The SMILES string of the molecule is Cc1nc2ccc(C(=O)N3CC[C@@]4(C(=O)O)CCCN(C)[C@@H]4C3)cc2nc1C. The van der Waals surface area contributed by atoms with Gasteiger partial charge in [-0.1, -0.05) is 0 Å². The quantitative estimate of drug-likeness (QED) is 0.857. The Morgan fingerprint density at radius 2 is 1.82 bits per heavy atom. The molecule has 4 rings (SSSR count). The van der Waals surface area contributed by atoms with Crippen LogP contribution in [0, 0.1) is 19.3 Å². The fourth-order valence-corrected chi connectivity index (χ4v) is 4.72. The van der Waals surface area contributed by atoms with E-state index in [2.05, 4.69) is 14.9 Å². The molecule has 2 aliphatic rings. The first-order chi connectivity index (χ1) is 13.3. The van der Waals surface area contributed by atoms with Gasteiger partial charge in [-0.15, -0.1) is 0 Å². The number of nitrogens with zero attached hydrogens (tertiary/aromatic N) is 4. The van der Waals surface area contributed by atoms with Gasteiger partial charge in [0.25, 0.3) is 5.91 Å². The number of amides is 1. The Hall–Kier alpha value is -2.54. The van der Waals surface area contributed by atoms with Crippen molar-refractivity contribution in [1.29, 1.82) is 0 Å². The number of fused-ring (bicyclic) bond motifs is 2. The summed E-state index contributed by atoms with van der Waals surface area (Å²) in [4.78, 5) is 38.2. The fourth-order valence-electron chi connectivity index (χ4n) is 4.72. The lowest BCUT2D eigenvalue weighted by Crippen LogP contribution is -2.63. The molecule has 2 atom stereocenters. The second-order valence-electron chi connectivity index (χ2n) is 8.16. The highest BCUT2D eigenvalue weighted by Crippen LogP contribution is 2.42. The van der Waals surface area contributed by atoms with Crippen LogP contribution < -0.4 is 0 Å². The summed E-state index contributed by atoms with van der Waals surface area (Å²) in [6, 6.07) is 5.26. The average Bonchev–Trinajstić information content (AvgIpc) is 2.68. The van der Waals surface area contributed by atoms with Crippen LogP contribution in [0.5, 0.6) is 0 Å². The number of piperidine rings is 2. The lowest BCUT2D eigenvalue weighted by Gasteiger charge is -2.51. The number of hydrogen-bond acceptors (Lipinski definition) is 5. The predicted octanol–water partition coefficient (Wildman–Crippen LogP) is 2.26. The van der Waals surface area contributed by atoms with Crippen molar-refractivity contribution >= 4 is 22.9 Å². The van der Waals surface area contributed by atoms with Crippen LogP contribution in [0.1, 0.15) is 41.0 Å². The number of rotatable bonds is 2. The van der Waals surface area contributed by atoms with Gasteiger partial charge in [-0.25, -0.2) is 9.97 Å². The average molecular weight is 382 g/mol.